The van der Waals surface area contributed by atoms with Crippen LogP contribution in [0.1, 0.15) is 48.1 Å². The first-order valence-electron chi connectivity index (χ1n) is 13.6. The van der Waals surface area contributed by atoms with Crippen LogP contribution < -0.4 is 14.4 Å². The van der Waals surface area contributed by atoms with Crippen molar-refractivity contribution in [2.45, 2.75) is 18.0 Å². The second-order valence-corrected chi connectivity index (χ2v) is 10.6. The van der Waals surface area contributed by atoms with Gasteiger partial charge < -0.3 is 14.4 Å². The fraction of sp³-hybridized carbons (Fsp3) is 0.171. The quantitative estimate of drug-likeness (QED) is 0.227. The molecule has 1 fully saturated rings. The topological polar surface area (TPSA) is 72.9 Å². The summed E-state index contributed by atoms with van der Waals surface area (Å²) in [7, 11) is 3.08. The third-order valence-corrected chi connectivity index (χ3v) is 8.81. The predicted octanol–water partition coefficient (Wildman–Crippen LogP) is 6.02. The maximum atomic E-state index is 14.8. The van der Waals surface area contributed by atoms with Gasteiger partial charge in [0.1, 0.15) is 11.5 Å². The lowest BCUT2D eigenvalue weighted by atomic mass is 9.64. The molecule has 1 spiro atoms. The molecule has 2 aliphatic heterocycles. The van der Waals surface area contributed by atoms with Crippen LogP contribution in [0.15, 0.2) is 103 Å². The van der Waals surface area contributed by atoms with E-state index in [-0.39, 0.29) is 17.3 Å². The molecule has 3 aliphatic rings. The van der Waals surface area contributed by atoms with Gasteiger partial charge in [0, 0.05) is 33.9 Å². The van der Waals surface area contributed by atoms with Crippen LogP contribution >= 0.6 is 0 Å². The van der Waals surface area contributed by atoms with Crippen LogP contribution in [-0.2, 0) is 0 Å². The van der Waals surface area contributed by atoms with Gasteiger partial charge in [-0.05, 0) is 17.7 Å². The van der Waals surface area contributed by atoms with E-state index in [1.54, 1.807) is 49.6 Å². The first kappa shape index (κ1) is 25.0. The molecule has 4 aromatic carbocycles. The number of ether oxygens (including phenoxy) is 2. The number of nitrogens with zero attached hydrogens (tertiary/aromatic N) is 1. The standard InChI is InChI=1S/C35H27NO5/c1-40-27-18-10-16-25(32(27)41-2)29-30(31(37)22-12-4-3-5-13-22)36-26-17-9-6-11-21(26)19-20-28(36)35(29)33(38)23-14-7-8-15-24(23)34(35)39/h3-20,28-30H,1-2H3. The Kier molecular flexibility index (Phi) is 5.68. The monoisotopic (exact) mass is 541 g/mol. The Hall–Kier alpha value is -4.97. The van der Waals surface area contributed by atoms with Crippen LogP contribution in [0, 0.1) is 5.41 Å². The molecule has 0 N–H and O–H groups in total. The third-order valence-electron chi connectivity index (χ3n) is 8.81. The number of methoxy groups -OCH3 is 2. The van der Waals surface area contributed by atoms with Crippen molar-refractivity contribution in [1.29, 1.82) is 0 Å². The second-order valence-electron chi connectivity index (χ2n) is 10.6. The molecular formula is C35H27NO5. The van der Waals surface area contributed by atoms with E-state index in [0.717, 1.165) is 11.3 Å². The first-order valence-corrected chi connectivity index (χ1v) is 13.6. The van der Waals surface area contributed by atoms with Crippen molar-refractivity contribution < 1.29 is 23.9 Å². The number of carbonyl (C=O) groups is 3. The maximum Gasteiger partial charge on any atom is 0.185 e. The van der Waals surface area contributed by atoms with Gasteiger partial charge in [-0.3, -0.25) is 14.4 Å². The average Bonchev–Trinajstić information content (AvgIpc) is 3.46. The van der Waals surface area contributed by atoms with E-state index in [1.165, 1.54) is 7.11 Å². The molecule has 0 aromatic heterocycles. The van der Waals surface area contributed by atoms with E-state index in [4.69, 9.17) is 9.47 Å². The summed E-state index contributed by atoms with van der Waals surface area (Å²) in [6.07, 6.45) is 3.87. The van der Waals surface area contributed by atoms with Crippen LogP contribution in [0.3, 0.4) is 0 Å². The van der Waals surface area contributed by atoms with Gasteiger partial charge in [0.15, 0.2) is 28.8 Å². The Morgan fingerprint density at radius 2 is 1.41 bits per heavy atom. The highest BCUT2D eigenvalue weighted by atomic mass is 16.5. The molecular weight excluding hydrogens is 514 g/mol. The zero-order valence-electron chi connectivity index (χ0n) is 22.6. The van der Waals surface area contributed by atoms with Crippen molar-refractivity contribution in [3.63, 3.8) is 0 Å². The molecule has 41 heavy (non-hydrogen) atoms. The SMILES string of the molecule is COc1cccc(C2C(C(=O)c3ccccc3)N3c4ccccc4C=CC3C23C(=O)c2ccccc2C3=O)c1OC. The minimum atomic E-state index is -1.61. The lowest BCUT2D eigenvalue weighted by molar-refractivity contribution is 0.0664. The number of fused-ring (bicyclic) bond motifs is 5. The van der Waals surface area contributed by atoms with E-state index in [2.05, 4.69) is 0 Å². The zero-order valence-corrected chi connectivity index (χ0v) is 22.6. The molecule has 0 saturated carbocycles. The number of hydrogen-bond donors (Lipinski definition) is 0. The van der Waals surface area contributed by atoms with E-state index in [1.807, 2.05) is 71.6 Å². The molecule has 4 aromatic rings. The largest absolute Gasteiger partial charge is 0.493 e. The summed E-state index contributed by atoms with van der Waals surface area (Å²) in [6.45, 7) is 0. The lowest BCUT2D eigenvalue weighted by Gasteiger charge is -2.37. The van der Waals surface area contributed by atoms with Crippen molar-refractivity contribution in [1.82, 2.24) is 0 Å². The van der Waals surface area contributed by atoms with Gasteiger partial charge in [-0.15, -0.1) is 0 Å². The van der Waals surface area contributed by atoms with Crippen molar-refractivity contribution in [2.24, 2.45) is 5.41 Å². The average molecular weight is 542 g/mol. The van der Waals surface area contributed by atoms with Crippen LogP contribution in [0.2, 0.25) is 0 Å². The van der Waals surface area contributed by atoms with E-state index in [9.17, 15) is 14.4 Å². The lowest BCUT2D eigenvalue weighted by Crippen LogP contribution is -2.48. The Labute approximate surface area is 237 Å². The molecule has 6 nitrogen and oxygen atoms in total. The number of para-hydroxylation sites is 2. The Balaban J connectivity index is 1.59. The predicted molar refractivity (Wildman–Crippen MR) is 156 cm³/mol. The fourth-order valence-electron chi connectivity index (χ4n) is 7.19. The molecule has 0 radical (unpaired) electrons. The van der Waals surface area contributed by atoms with Gasteiger partial charge in [0.2, 0.25) is 0 Å². The number of rotatable bonds is 5. The number of benzene rings is 4. The fourth-order valence-corrected chi connectivity index (χ4v) is 7.19. The summed E-state index contributed by atoms with van der Waals surface area (Å²) >= 11 is 0. The van der Waals surface area contributed by atoms with Crippen LogP contribution in [0.25, 0.3) is 6.08 Å². The van der Waals surface area contributed by atoms with Crippen LogP contribution in [-0.4, -0.2) is 43.7 Å². The number of anilines is 1. The second kappa shape index (κ2) is 9.30. The van der Waals surface area contributed by atoms with Gasteiger partial charge in [-0.1, -0.05) is 97.1 Å². The maximum absolute atomic E-state index is 14.8. The highest BCUT2D eigenvalue weighted by molar-refractivity contribution is 6.32. The highest BCUT2D eigenvalue weighted by Crippen LogP contribution is 2.62. The summed E-state index contributed by atoms with van der Waals surface area (Å²) in [5.74, 6) is -0.760. The minimum absolute atomic E-state index is 0.177. The molecule has 6 heteroatoms. The molecule has 202 valence electrons. The number of carbonyl (C=O) groups excluding carboxylic acids is 3. The van der Waals surface area contributed by atoms with Crippen LogP contribution in [0.4, 0.5) is 5.69 Å². The van der Waals surface area contributed by atoms with Crippen molar-refractivity contribution in [3.05, 3.63) is 131 Å². The van der Waals surface area contributed by atoms with Gasteiger partial charge in [0.05, 0.1) is 20.3 Å². The van der Waals surface area contributed by atoms with Crippen molar-refractivity contribution >= 4 is 29.1 Å². The van der Waals surface area contributed by atoms with E-state index in [0.29, 0.717) is 33.8 Å². The normalized spacial score (nSPS) is 21.4. The molecule has 0 bridgehead atoms. The summed E-state index contributed by atoms with van der Waals surface area (Å²) in [6, 6.07) is 27.6. The zero-order chi connectivity index (χ0) is 28.3. The minimum Gasteiger partial charge on any atom is -0.493 e. The molecule has 1 saturated heterocycles. The van der Waals surface area contributed by atoms with Gasteiger partial charge in [-0.2, -0.15) is 0 Å². The molecule has 3 unspecified atom stereocenters. The molecule has 1 aliphatic carbocycles. The summed E-state index contributed by atoms with van der Waals surface area (Å²) in [5.41, 5.74) is 1.95. The first-order chi connectivity index (χ1) is 20.0. The third kappa shape index (κ3) is 3.27. The van der Waals surface area contributed by atoms with E-state index >= 15 is 0 Å². The smallest absolute Gasteiger partial charge is 0.185 e. The number of Topliss-reactive ketones (excluding diaryl/α,β-unsaturated/α-hetero) is 3. The molecule has 2 heterocycles. The summed E-state index contributed by atoms with van der Waals surface area (Å²) in [4.78, 5) is 46.3. The molecule has 7 rings (SSSR count). The number of hydrogen-bond acceptors (Lipinski definition) is 6. The Bertz CT molecular complexity index is 1720. The molecule has 3 atom stereocenters. The summed E-state index contributed by atoms with van der Waals surface area (Å²) < 4.78 is 11.5. The molecule has 0 amide bonds. The van der Waals surface area contributed by atoms with Gasteiger partial charge in [0.25, 0.3) is 0 Å². The Morgan fingerprint density at radius 1 is 0.756 bits per heavy atom. The van der Waals surface area contributed by atoms with Crippen molar-refractivity contribution in [2.75, 3.05) is 19.1 Å². The van der Waals surface area contributed by atoms with Crippen molar-refractivity contribution in [3.8, 4) is 11.5 Å². The van der Waals surface area contributed by atoms with E-state index < -0.39 is 23.4 Å². The van der Waals surface area contributed by atoms with Gasteiger partial charge >= 0.3 is 0 Å². The van der Waals surface area contributed by atoms with Crippen LogP contribution in [0.5, 0.6) is 11.5 Å². The Morgan fingerprint density at radius 3 is 2.10 bits per heavy atom. The number of ketones is 3. The van der Waals surface area contributed by atoms with Gasteiger partial charge in [-0.25, -0.2) is 0 Å². The highest BCUT2D eigenvalue weighted by Gasteiger charge is 2.72. The summed E-state index contributed by atoms with van der Waals surface area (Å²) in [5, 5.41) is 0.